The molecule has 10 heteroatoms. The minimum Gasteiger partial charge on any atom is -0.393 e. The SMILES string of the molecule is Cc1ccc(NC(=O)/C(N)=C/N(N)C(C)C)cc1-c1cc(-c2ccnc(NC(=O)C3CC3)c2)cnn1. The number of nitrogens with one attached hydrogen (secondary N) is 2. The molecule has 2 amide bonds. The number of hydrazine groups is 1. The molecule has 1 saturated carbocycles. The number of amides is 2. The molecule has 2 heterocycles. The molecule has 1 aliphatic rings. The Hall–Kier alpha value is -4.31. The third-order valence-corrected chi connectivity index (χ3v) is 5.87. The van der Waals surface area contributed by atoms with Crippen molar-refractivity contribution in [2.75, 3.05) is 10.6 Å². The first-order chi connectivity index (χ1) is 17.2. The average Bonchev–Trinajstić information content (AvgIpc) is 3.71. The summed E-state index contributed by atoms with van der Waals surface area (Å²) in [5.41, 5.74) is 10.5. The van der Waals surface area contributed by atoms with Gasteiger partial charge in [0.15, 0.2) is 0 Å². The van der Waals surface area contributed by atoms with Crippen LogP contribution in [0, 0.1) is 12.8 Å². The molecule has 1 fully saturated rings. The lowest BCUT2D eigenvalue weighted by molar-refractivity contribution is -0.117. The first kappa shape index (κ1) is 24.8. The van der Waals surface area contributed by atoms with Crippen LogP contribution in [0.1, 0.15) is 32.3 Å². The molecule has 6 N–H and O–H groups in total. The quantitative estimate of drug-likeness (QED) is 0.215. The molecule has 0 bridgehead atoms. The van der Waals surface area contributed by atoms with Crippen LogP contribution in [0.5, 0.6) is 0 Å². The lowest BCUT2D eigenvalue weighted by atomic mass is 10.0. The summed E-state index contributed by atoms with van der Waals surface area (Å²) >= 11 is 0. The van der Waals surface area contributed by atoms with Gasteiger partial charge in [-0.3, -0.25) is 9.59 Å². The van der Waals surface area contributed by atoms with Gasteiger partial charge in [0.25, 0.3) is 5.91 Å². The number of carbonyl (C=O) groups excluding carboxylic acids is 2. The minimum absolute atomic E-state index is 0.000814. The summed E-state index contributed by atoms with van der Waals surface area (Å²) in [6.07, 6.45) is 6.56. The van der Waals surface area contributed by atoms with Crippen LogP contribution in [0.3, 0.4) is 0 Å². The highest BCUT2D eigenvalue weighted by Crippen LogP contribution is 2.31. The summed E-state index contributed by atoms with van der Waals surface area (Å²) in [5, 5.41) is 15.5. The van der Waals surface area contributed by atoms with Crippen LogP contribution >= 0.6 is 0 Å². The Morgan fingerprint density at radius 1 is 1.11 bits per heavy atom. The molecule has 0 radical (unpaired) electrons. The Labute approximate surface area is 209 Å². The van der Waals surface area contributed by atoms with Gasteiger partial charge in [-0.1, -0.05) is 6.07 Å². The van der Waals surface area contributed by atoms with Crippen LogP contribution < -0.4 is 22.2 Å². The smallest absolute Gasteiger partial charge is 0.273 e. The molecule has 10 nitrogen and oxygen atoms in total. The van der Waals surface area contributed by atoms with E-state index in [0.29, 0.717) is 17.2 Å². The molecule has 0 atom stereocenters. The number of carbonyl (C=O) groups is 2. The van der Waals surface area contributed by atoms with Crippen LogP contribution in [0.25, 0.3) is 22.4 Å². The minimum atomic E-state index is -0.460. The summed E-state index contributed by atoms with van der Waals surface area (Å²) in [7, 11) is 0. The van der Waals surface area contributed by atoms with Crippen LogP contribution in [0.2, 0.25) is 0 Å². The fourth-order valence-corrected chi connectivity index (χ4v) is 3.46. The fraction of sp³-hybridized carbons (Fsp3) is 0.269. The number of benzene rings is 1. The standard InChI is InChI=1S/C26H30N8O2/c1-15(2)34(28)14-22(27)26(36)31-20-7-4-16(3)21(12-20)23-10-19(13-30-33-23)18-8-9-29-24(11-18)32-25(35)17-5-6-17/h4,7-15,17H,5-6,27-28H2,1-3H3,(H,31,36)(H,29,32,35)/b22-14-. The molecule has 36 heavy (non-hydrogen) atoms. The summed E-state index contributed by atoms with van der Waals surface area (Å²) in [6, 6.07) is 11.1. The second-order valence-corrected chi connectivity index (χ2v) is 9.13. The lowest BCUT2D eigenvalue weighted by Gasteiger charge is -2.19. The molecule has 4 rings (SSSR count). The zero-order valence-corrected chi connectivity index (χ0v) is 20.5. The number of aromatic nitrogens is 3. The molecule has 0 spiro atoms. The zero-order chi connectivity index (χ0) is 25.8. The molecule has 1 aliphatic carbocycles. The number of anilines is 2. The number of nitrogens with two attached hydrogens (primary N) is 2. The van der Waals surface area contributed by atoms with Crippen molar-refractivity contribution in [3.8, 4) is 22.4 Å². The monoisotopic (exact) mass is 486 g/mol. The normalized spacial score (nSPS) is 13.4. The molecule has 186 valence electrons. The van der Waals surface area contributed by atoms with Crippen molar-refractivity contribution in [1.82, 2.24) is 20.2 Å². The van der Waals surface area contributed by atoms with Crippen LogP contribution in [0.4, 0.5) is 11.5 Å². The zero-order valence-electron chi connectivity index (χ0n) is 20.5. The van der Waals surface area contributed by atoms with Crippen molar-refractivity contribution in [2.45, 2.75) is 39.7 Å². The van der Waals surface area contributed by atoms with E-state index < -0.39 is 5.91 Å². The molecule has 2 aromatic heterocycles. The Morgan fingerprint density at radius 2 is 1.89 bits per heavy atom. The molecular formula is C26H30N8O2. The number of hydrogen-bond donors (Lipinski definition) is 4. The van der Waals surface area contributed by atoms with E-state index in [1.807, 2.05) is 51.1 Å². The summed E-state index contributed by atoms with van der Waals surface area (Å²) < 4.78 is 0. The van der Waals surface area contributed by atoms with Gasteiger partial charge >= 0.3 is 0 Å². The van der Waals surface area contributed by atoms with Gasteiger partial charge in [0.1, 0.15) is 11.5 Å². The largest absolute Gasteiger partial charge is 0.393 e. The first-order valence-electron chi connectivity index (χ1n) is 11.7. The van der Waals surface area contributed by atoms with E-state index in [1.54, 1.807) is 18.5 Å². The highest BCUT2D eigenvalue weighted by molar-refractivity contribution is 6.03. The second-order valence-electron chi connectivity index (χ2n) is 9.13. The van der Waals surface area contributed by atoms with Crippen molar-refractivity contribution in [3.63, 3.8) is 0 Å². The van der Waals surface area contributed by atoms with Gasteiger partial charge in [-0.2, -0.15) is 10.2 Å². The molecule has 3 aromatic rings. The van der Waals surface area contributed by atoms with E-state index in [1.165, 1.54) is 11.2 Å². The van der Waals surface area contributed by atoms with Gasteiger partial charge in [0, 0.05) is 41.2 Å². The number of aryl methyl sites for hydroxylation is 1. The van der Waals surface area contributed by atoms with Crippen molar-refractivity contribution < 1.29 is 9.59 Å². The predicted octanol–water partition coefficient (Wildman–Crippen LogP) is 3.19. The second kappa shape index (κ2) is 10.5. The van der Waals surface area contributed by atoms with Crippen LogP contribution in [-0.4, -0.2) is 38.0 Å². The highest BCUT2D eigenvalue weighted by Gasteiger charge is 2.29. The fourth-order valence-electron chi connectivity index (χ4n) is 3.46. The average molecular weight is 487 g/mol. The van der Waals surface area contributed by atoms with Crippen molar-refractivity contribution >= 4 is 23.3 Å². The van der Waals surface area contributed by atoms with Gasteiger partial charge in [0.05, 0.1) is 11.9 Å². The Kier molecular flexibility index (Phi) is 7.25. The first-order valence-corrected chi connectivity index (χ1v) is 11.7. The molecular weight excluding hydrogens is 456 g/mol. The van der Waals surface area contributed by atoms with Crippen molar-refractivity contribution in [3.05, 3.63) is 66.3 Å². The van der Waals surface area contributed by atoms with E-state index in [9.17, 15) is 9.59 Å². The van der Waals surface area contributed by atoms with Crippen molar-refractivity contribution in [1.29, 1.82) is 0 Å². The van der Waals surface area contributed by atoms with E-state index in [-0.39, 0.29) is 23.6 Å². The third-order valence-electron chi connectivity index (χ3n) is 5.87. The number of pyridine rings is 1. The van der Waals surface area contributed by atoms with E-state index in [4.69, 9.17) is 11.6 Å². The van der Waals surface area contributed by atoms with Gasteiger partial charge in [-0.25, -0.2) is 10.8 Å². The molecule has 0 aliphatic heterocycles. The van der Waals surface area contributed by atoms with Gasteiger partial charge in [0.2, 0.25) is 5.91 Å². The third kappa shape index (κ3) is 6.02. The van der Waals surface area contributed by atoms with E-state index >= 15 is 0 Å². The number of hydrogen-bond acceptors (Lipinski definition) is 8. The lowest BCUT2D eigenvalue weighted by Crippen LogP contribution is -2.34. The van der Waals surface area contributed by atoms with Crippen LogP contribution in [-0.2, 0) is 9.59 Å². The topological polar surface area (TPSA) is 152 Å². The molecule has 1 aromatic carbocycles. The van der Waals surface area contributed by atoms with Gasteiger partial charge < -0.3 is 21.4 Å². The maximum atomic E-state index is 12.5. The molecule has 0 unspecified atom stereocenters. The van der Waals surface area contributed by atoms with Crippen molar-refractivity contribution in [2.24, 2.45) is 17.5 Å². The van der Waals surface area contributed by atoms with E-state index in [2.05, 4.69) is 25.8 Å². The summed E-state index contributed by atoms with van der Waals surface area (Å²) in [4.78, 5) is 28.9. The highest BCUT2D eigenvalue weighted by atomic mass is 16.2. The Balaban J connectivity index is 1.56. The Morgan fingerprint density at radius 3 is 2.61 bits per heavy atom. The maximum Gasteiger partial charge on any atom is 0.273 e. The van der Waals surface area contributed by atoms with Crippen LogP contribution in [0.15, 0.2) is 60.7 Å². The van der Waals surface area contributed by atoms with Gasteiger partial charge in [-0.05, 0) is 75.1 Å². The van der Waals surface area contributed by atoms with Gasteiger partial charge in [-0.15, -0.1) is 0 Å². The maximum absolute atomic E-state index is 12.5. The predicted molar refractivity (Wildman–Crippen MR) is 139 cm³/mol. The van der Waals surface area contributed by atoms with E-state index in [0.717, 1.165) is 35.1 Å². The Bertz CT molecular complexity index is 1320. The number of rotatable bonds is 8. The number of nitrogens with zero attached hydrogens (tertiary/aromatic N) is 4. The molecule has 0 saturated heterocycles. The summed E-state index contributed by atoms with van der Waals surface area (Å²) in [5.74, 6) is 5.97. The summed E-state index contributed by atoms with van der Waals surface area (Å²) in [6.45, 7) is 5.73.